The molecule has 1 rings (SSSR count). The maximum Gasteiger partial charge on any atom is 0.152 e. The van der Waals surface area contributed by atoms with Crippen molar-refractivity contribution in [3.05, 3.63) is 29.4 Å². The first-order valence-electron chi connectivity index (χ1n) is 2.52. The number of rotatable bonds is 0. The molecule has 5 heteroatoms. The van der Waals surface area contributed by atoms with Crippen molar-refractivity contribution < 1.29 is 4.39 Å². The quantitative estimate of drug-likeness (QED) is 0.331. The SMILES string of the molecule is Fc1c(Br)cc(Cl)c(I)c1Br. The van der Waals surface area contributed by atoms with E-state index < -0.39 is 0 Å². The topological polar surface area (TPSA) is 0 Å². The number of hydrogen-bond acceptors (Lipinski definition) is 0. The second kappa shape index (κ2) is 3.89. The van der Waals surface area contributed by atoms with Crippen LogP contribution in [-0.2, 0) is 0 Å². The zero-order chi connectivity index (χ0) is 8.59. The molecule has 11 heavy (non-hydrogen) atoms. The highest BCUT2D eigenvalue weighted by Crippen LogP contribution is 2.33. The number of hydrogen-bond donors (Lipinski definition) is 0. The highest BCUT2D eigenvalue weighted by molar-refractivity contribution is 14.1. The molecule has 0 bridgehead atoms. The van der Waals surface area contributed by atoms with Crippen LogP contribution in [0.2, 0.25) is 5.02 Å². The van der Waals surface area contributed by atoms with Crippen LogP contribution < -0.4 is 0 Å². The second-order valence-electron chi connectivity index (χ2n) is 1.78. The van der Waals surface area contributed by atoms with E-state index in [2.05, 4.69) is 31.9 Å². The van der Waals surface area contributed by atoms with Gasteiger partial charge in [-0.2, -0.15) is 0 Å². The van der Waals surface area contributed by atoms with E-state index in [1.54, 1.807) is 0 Å². The summed E-state index contributed by atoms with van der Waals surface area (Å²) in [5.74, 6) is -0.321. The Morgan fingerprint density at radius 2 is 2.00 bits per heavy atom. The Morgan fingerprint density at radius 1 is 1.45 bits per heavy atom. The first-order chi connectivity index (χ1) is 5.04. The molecule has 0 unspecified atom stereocenters. The minimum atomic E-state index is -0.321. The Balaban J connectivity index is 3.46. The molecule has 0 aliphatic heterocycles. The third-order valence-corrected chi connectivity index (χ3v) is 4.86. The first kappa shape index (κ1) is 10.2. The summed E-state index contributed by atoms with van der Waals surface area (Å²) >= 11 is 13.9. The molecule has 0 radical (unpaired) electrons. The van der Waals surface area contributed by atoms with E-state index >= 15 is 0 Å². The van der Waals surface area contributed by atoms with Crippen LogP contribution in [-0.4, -0.2) is 0 Å². The van der Waals surface area contributed by atoms with Crippen molar-refractivity contribution in [3.8, 4) is 0 Å². The van der Waals surface area contributed by atoms with Gasteiger partial charge in [-0.1, -0.05) is 11.6 Å². The van der Waals surface area contributed by atoms with E-state index in [9.17, 15) is 4.39 Å². The molecule has 0 aromatic heterocycles. The molecule has 0 heterocycles. The van der Waals surface area contributed by atoms with Gasteiger partial charge in [-0.3, -0.25) is 0 Å². The third-order valence-electron chi connectivity index (χ3n) is 1.06. The highest BCUT2D eigenvalue weighted by Gasteiger charge is 2.11. The molecular weight excluding hydrogens is 413 g/mol. The van der Waals surface area contributed by atoms with Crippen LogP contribution in [0.1, 0.15) is 0 Å². The van der Waals surface area contributed by atoms with Crippen molar-refractivity contribution in [2.24, 2.45) is 0 Å². The minimum Gasteiger partial charge on any atom is -0.204 e. The molecule has 0 fully saturated rings. The molecule has 60 valence electrons. The summed E-state index contributed by atoms with van der Waals surface area (Å²) < 4.78 is 14.5. The van der Waals surface area contributed by atoms with Gasteiger partial charge in [0.15, 0.2) is 5.82 Å². The summed E-state index contributed by atoms with van der Waals surface area (Å²) in [7, 11) is 0. The van der Waals surface area contributed by atoms with E-state index in [0.29, 0.717) is 17.5 Å². The van der Waals surface area contributed by atoms with Gasteiger partial charge < -0.3 is 0 Å². The van der Waals surface area contributed by atoms with Crippen LogP contribution in [0.5, 0.6) is 0 Å². The summed E-state index contributed by atoms with van der Waals surface area (Å²) in [6, 6.07) is 1.53. The van der Waals surface area contributed by atoms with E-state index in [1.807, 2.05) is 22.6 Å². The largest absolute Gasteiger partial charge is 0.204 e. The fourth-order valence-corrected chi connectivity index (χ4v) is 2.51. The lowest BCUT2D eigenvalue weighted by Gasteiger charge is -2.02. The molecule has 0 amide bonds. The summed E-state index contributed by atoms with van der Waals surface area (Å²) in [5.41, 5.74) is 0. The van der Waals surface area contributed by atoms with E-state index in [0.717, 1.165) is 0 Å². The zero-order valence-corrected chi connectivity index (χ0v) is 11.1. The Hall–Kier alpha value is 1.13. The summed E-state index contributed by atoms with van der Waals surface area (Å²) in [6.45, 7) is 0. The standard InChI is InChI=1S/C6HBr2ClFI/c7-2-1-3(9)6(11)4(8)5(2)10/h1H. The van der Waals surface area contributed by atoms with E-state index in [1.165, 1.54) is 6.07 Å². The molecule has 1 aromatic rings. The normalized spacial score (nSPS) is 10.3. The highest BCUT2D eigenvalue weighted by atomic mass is 127. The molecular formula is C6HBr2ClFI. The second-order valence-corrected chi connectivity index (χ2v) is 4.92. The van der Waals surface area contributed by atoms with Crippen LogP contribution in [0.4, 0.5) is 4.39 Å². The lowest BCUT2D eigenvalue weighted by atomic mass is 10.3. The predicted octanol–water partition coefficient (Wildman–Crippen LogP) is 4.61. The molecule has 0 atom stereocenters. The van der Waals surface area contributed by atoms with Crippen LogP contribution >= 0.6 is 66.1 Å². The first-order valence-corrected chi connectivity index (χ1v) is 5.56. The van der Waals surface area contributed by atoms with Crippen LogP contribution in [0.3, 0.4) is 0 Å². The lowest BCUT2D eigenvalue weighted by molar-refractivity contribution is 0.613. The van der Waals surface area contributed by atoms with Crippen molar-refractivity contribution in [2.75, 3.05) is 0 Å². The Kier molecular flexibility index (Phi) is 3.61. The van der Waals surface area contributed by atoms with Gasteiger partial charge in [-0.25, -0.2) is 4.39 Å². The average molecular weight is 414 g/mol. The van der Waals surface area contributed by atoms with Gasteiger partial charge in [-0.05, 0) is 60.5 Å². The molecule has 0 aliphatic rings. The summed E-state index contributed by atoms with van der Waals surface area (Å²) in [5, 5.41) is 0.533. The van der Waals surface area contributed by atoms with Crippen molar-refractivity contribution in [1.82, 2.24) is 0 Å². The van der Waals surface area contributed by atoms with Crippen molar-refractivity contribution in [3.63, 3.8) is 0 Å². The summed E-state index contributed by atoms with van der Waals surface area (Å²) in [6.07, 6.45) is 0. The lowest BCUT2D eigenvalue weighted by Crippen LogP contribution is -1.85. The molecule has 0 spiro atoms. The van der Waals surface area contributed by atoms with Crippen LogP contribution in [0.25, 0.3) is 0 Å². The Labute approximate surface area is 98.9 Å². The van der Waals surface area contributed by atoms with Crippen molar-refractivity contribution >= 4 is 66.1 Å². The number of halogens is 5. The van der Waals surface area contributed by atoms with Gasteiger partial charge in [0, 0.05) is 3.57 Å². The molecule has 0 saturated heterocycles. The van der Waals surface area contributed by atoms with Gasteiger partial charge in [0.25, 0.3) is 0 Å². The van der Waals surface area contributed by atoms with E-state index in [4.69, 9.17) is 11.6 Å². The molecule has 1 aromatic carbocycles. The average Bonchev–Trinajstić information content (AvgIpc) is 1.97. The smallest absolute Gasteiger partial charge is 0.152 e. The molecule has 0 saturated carbocycles. The van der Waals surface area contributed by atoms with Gasteiger partial charge in [0.05, 0.1) is 14.0 Å². The Bertz CT molecular complexity index is 277. The van der Waals surface area contributed by atoms with E-state index in [-0.39, 0.29) is 5.82 Å². The van der Waals surface area contributed by atoms with Gasteiger partial charge in [0.1, 0.15) is 0 Å². The molecule has 0 aliphatic carbocycles. The van der Waals surface area contributed by atoms with Crippen LogP contribution in [0.15, 0.2) is 15.0 Å². The van der Waals surface area contributed by atoms with Crippen molar-refractivity contribution in [2.45, 2.75) is 0 Å². The Morgan fingerprint density at radius 3 is 2.55 bits per heavy atom. The van der Waals surface area contributed by atoms with Crippen molar-refractivity contribution in [1.29, 1.82) is 0 Å². The maximum absolute atomic E-state index is 13.0. The molecule has 0 nitrogen and oxygen atoms in total. The van der Waals surface area contributed by atoms with Gasteiger partial charge >= 0.3 is 0 Å². The summed E-state index contributed by atoms with van der Waals surface area (Å²) in [4.78, 5) is 0. The zero-order valence-electron chi connectivity index (χ0n) is 4.97. The fourth-order valence-electron chi connectivity index (χ4n) is 0.544. The third kappa shape index (κ3) is 2.08. The number of benzene rings is 1. The van der Waals surface area contributed by atoms with Crippen LogP contribution in [0, 0.1) is 9.39 Å². The molecule has 0 N–H and O–H groups in total. The minimum absolute atomic E-state index is 0.321. The maximum atomic E-state index is 13.0. The monoisotopic (exact) mass is 412 g/mol. The predicted molar refractivity (Wildman–Crippen MR) is 59.5 cm³/mol. The van der Waals surface area contributed by atoms with Gasteiger partial charge in [0.2, 0.25) is 0 Å². The van der Waals surface area contributed by atoms with Gasteiger partial charge in [-0.15, -0.1) is 0 Å². The fraction of sp³-hybridized carbons (Fsp3) is 0.